The summed E-state index contributed by atoms with van der Waals surface area (Å²) in [5.41, 5.74) is 1.67. The quantitative estimate of drug-likeness (QED) is 0.468. The second kappa shape index (κ2) is 12.7. The van der Waals surface area contributed by atoms with Crippen LogP contribution in [0.5, 0.6) is 0 Å². The highest BCUT2D eigenvalue weighted by Gasteiger charge is 2.31. The van der Waals surface area contributed by atoms with Crippen molar-refractivity contribution in [1.82, 2.24) is 24.5 Å². The van der Waals surface area contributed by atoms with Crippen LogP contribution in [0.4, 0.5) is 0 Å². The maximum Gasteiger partial charge on any atom is 0.310 e. The van der Waals surface area contributed by atoms with Crippen molar-refractivity contribution in [3.63, 3.8) is 0 Å². The van der Waals surface area contributed by atoms with E-state index in [1.807, 2.05) is 37.3 Å². The maximum absolute atomic E-state index is 13.3. The van der Waals surface area contributed by atoms with Gasteiger partial charge in [-0.2, -0.15) is 5.10 Å². The molecule has 204 valence electrons. The molecule has 0 bridgehead atoms. The fraction of sp³-hybridized carbons (Fsp3) is 0.536. The first kappa shape index (κ1) is 27.3. The summed E-state index contributed by atoms with van der Waals surface area (Å²) in [6, 6.07) is 11.4. The molecule has 0 N–H and O–H groups in total. The summed E-state index contributed by atoms with van der Waals surface area (Å²) >= 11 is 0. The summed E-state index contributed by atoms with van der Waals surface area (Å²) in [7, 11) is 0. The predicted molar refractivity (Wildman–Crippen MR) is 140 cm³/mol. The van der Waals surface area contributed by atoms with Crippen molar-refractivity contribution in [2.75, 3.05) is 39.3 Å². The topological polar surface area (TPSA) is 105 Å². The number of hydrogen-bond acceptors (Lipinski definition) is 6. The minimum Gasteiger partial charge on any atom is -0.466 e. The van der Waals surface area contributed by atoms with E-state index in [-0.39, 0.29) is 48.3 Å². The van der Waals surface area contributed by atoms with Gasteiger partial charge < -0.3 is 19.4 Å². The number of esters is 1. The van der Waals surface area contributed by atoms with E-state index in [4.69, 9.17) is 4.74 Å². The van der Waals surface area contributed by atoms with E-state index < -0.39 is 0 Å². The summed E-state index contributed by atoms with van der Waals surface area (Å²) in [4.78, 5) is 56.7. The summed E-state index contributed by atoms with van der Waals surface area (Å²) < 4.78 is 6.75. The smallest absolute Gasteiger partial charge is 0.310 e. The van der Waals surface area contributed by atoms with Crippen LogP contribution in [-0.2, 0) is 27.4 Å². The van der Waals surface area contributed by atoms with Crippen molar-refractivity contribution in [2.24, 2.45) is 5.92 Å². The van der Waals surface area contributed by atoms with E-state index in [2.05, 4.69) is 5.10 Å². The number of rotatable bonds is 9. The Balaban J connectivity index is 1.37. The number of benzene rings is 1. The van der Waals surface area contributed by atoms with Gasteiger partial charge in [0.25, 0.3) is 11.8 Å². The largest absolute Gasteiger partial charge is 0.466 e. The highest BCUT2D eigenvalue weighted by molar-refractivity contribution is 5.98. The van der Waals surface area contributed by atoms with Gasteiger partial charge in [0.2, 0.25) is 5.91 Å². The van der Waals surface area contributed by atoms with E-state index in [0.29, 0.717) is 58.0 Å². The summed E-state index contributed by atoms with van der Waals surface area (Å²) in [5, 5.41) is 4.47. The number of likely N-dealkylation sites (tertiary alicyclic amines) is 1. The van der Waals surface area contributed by atoms with Crippen LogP contribution in [0, 0.1) is 5.92 Å². The first-order valence-corrected chi connectivity index (χ1v) is 13.6. The zero-order valence-corrected chi connectivity index (χ0v) is 22.3. The van der Waals surface area contributed by atoms with Gasteiger partial charge in [-0.25, -0.2) is 0 Å². The normalized spacial score (nSPS) is 17.5. The van der Waals surface area contributed by atoms with Crippen LogP contribution < -0.4 is 0 Å². The molecular formula is C28H37N5O5. The maximum atomic E-state index is 13.3. The number of fused-ring (bicyclic) bond motifs is 1. The number of ether oxygens (including phenoxy) is 1. The number of carbonyl (C=O) groups excluding carboxylic acids is 4. The minimum absolute atomic E-state index is 0.0856. The number of nitrogens with zero attached hydrogens (tertiary/aromatic N) is 5. The van der Waals surface area contributed by atoms with Crippen molar-refractivity contribution in [1.29, 1.82) is 0 Å². The summed E-state index contributed by atoms with van der Waals surface area (Å²) in [6.45, 7) is 7.24. The Kier molecular flexibility index (Phi) is 9.15. The molecule has 3 heterocycles. The lowest BCUT2D eigenvalue weighted by atomic mass is 9.98. The summed E-state index contributed by atoms with van der Waals surface area (Å²) in [5.74, 6) is -1.08. The van der Waals surface area contributed by atoms with Gasteiger partial charge in [0.1, 0.15) is 5.69 Å². The number of carbonyl (C=O) groups is 4. The van der Waals surface area contributed by atoms with Crippen molar-refractivity contribution < 1.29 is 23.9 Å². The Morgan fingerprint density at radius 3 is 2.61 bits per heavy atom. The van der Waals surface area contributed by atoms with E-state index in [0.717, 1.165) is 18.4 Å². The Morgan fingerprint density at radius 1 is 1.08 bits per heavy atom. The molecule has 3 amide bonds. The molecule has 4 rings (SSSR count). The molecule has 10 nitrogen and oxygen atoms in total. The zero-order valence-electron chi connectivity index (χ0n) is 22.3. The van der Waals surface area contributed by atoms with Crippen LogP contribution in [0.15, 0.2) is 36.4 Å². The van der Waals surface area contributed by atoms with Gasteiger partial charge in [-0.3, -0.25) is 23.9 Å². The van der Waals surface area contributed by atoms with E-state index >= 15 is 0 Å². The highest BCUT2D eigenvalue weighted by atomic mass is 16.5. The Bertz CT molecular complexity index is 1150. The molecule has 0 radical (unpaired) electrons. The van der Waals surface area contributed by atoms with Crippen molar-refractivity contribution in [2.45, 2.75) is 52.6 Å². The van der Waals surface area contributed by atoms with Crippen LogP contribution in [-0.4, -0.2) is 87.5 Å². The molecule has 1 fully saturated rings. The third-order valence-electron chi connectivity index (χ3n) is 7.18. The molecule has 0 aliphatic carbocycles. The molecule has 38 heavy (non-hydrogen) atoms. The van der Waals surface area contributed by atoms with E-state index in [1.54, 1.807) is 32.4 Å². The number of aromatic nitrogens is 2. The standard InChI is InChI=1S/C28H37N5O5/c1-3-30(17-13-25(34)31-14-8-12-22(20-31)28(37)38-4-2)26(35)23-18-24-27(36)32(15-9-16-33(24)29-23)19-21-10-6-5-7-11-21/h5-7,10-11,18,22H,3-4,8-9,12-17,19-20H2,1-2H3/t22-/m0/s1. The fourth-order valence-electron chi connectivity index (χ4n) is 5.10. The Morgan fingerprint density at radius 2 is 1.87 bits per heavy atom. The minimum atomic E-state index is -0.300. The number of aryl methyl sites for hydroxylation is 1. The van der Waals surface area contributed by atoms with Gasteiger partial charge in [0, 0.05) is 58.3 Å². The lowest BCUT2D eigenvalue weighted by Gasteiger charge is -2.32. The van der Waals surface area contributed by atoms with Gasteiger partial charge in [0.15, 0.2) is 5.69 Å². The molecule has 1 atom stereocenters. The lowest BCUT2D eigenvalue weighted by molar-refractivity contribution is -0.151. The molecule has 0 unspecified atom stereocenters. The van der Waals surface area contributed by atoms with Crippen LogP contribution in [0.1, 0.15) is 66.1 Å². The van der Waals surface area contributed by atoms with E-state index in [1.165, 1.54) is 0 Å². The SMILES string of the molecule is CCOC(=O)[C@H]1CCCN(C(=O)CCN(CC)C(=O)c2cc3n(n2)CCCN(Cc2ccccc2)C3=O)C1. The molecule has 1 saturated heterocycles. The molecule has 0 spiro atoms. The molecule has 2 aromatic rings. The van der Waals surface area contributed by atoms with Gasteiger partial charge in [-0.05, 0) is 38.7 Å². The van der Waals surface area contributed by atoms with Gasteiger partial charge >= 0.3 is 5.97 Å². The first-order valence-electron chi connectivity index (χ1n) is 13.6. The van der Waals surface area contributed by atoms with Crippen molar-refractivity contribution >= 4 is 23.7 Å². The van der Waals surface area contributed by atoms with Gasteiger partial charge in [-0.15, -0.1) is 0 Å². The molecule has 0 saturated carbocycles. The molecule has 2 aliphatic heterocycles. The van der Waals surface area contributed by atoms with Gasteiger partial charge in [0.05, 0.1) is 12.5 Å². The van der Waals surface area contributed by atoms with Crippen LogP contribution in [0.25, 0.3) is 0 Å². The second-order valence-electron chi connectivity index (χ2n) is 9.77. The van der Waals surface area contributed by atoms with Crippen LogP contribution in [0.2, 0.25) is 0 Å². The molecule has 10 heteroatoms. The number of hydrogen-bond donors (Lipinski definition) is 0. The predicted octanol–water partition coefficient (Wildman–Crippen LogP) is 2.58. The molecule has 1 aromatic carbocycles. The lowest BCUT2D eigenvalue weighted by Crippen LogP contribution is -2.44. The average Bonchev–Trinajstić information content (AvgIpc) is 3.31. The Hall–Kier alpha value is -3.69. The molecule has 1 aromatic heterocycles. The first-order chi connectivity index (χ1) is 18.4. The number of amides is 3. The van der Waals surface area contributed by atoms with Crippen LogP contribution >= 0.6 is 0 Å². The summed E-state index contributed by atoms with van der Waals surface area (Å²) in [6.07, 6.45) is 2.37. The monoisotopic (exact) mass is 523 g/mol. The highest BCUT2D eigenvalue weighted by Crippen LogP contribution is 2.20. The Labute approximate surface area is 223 Å². The number of piperidine rings is 1. The van der Waals surface area contributed by atoms with E-state index in [9.17, 15) is 19.2 Å². The third kappa shape index (κ3) is 6.41. The molecule has 2 aliphatic rings. The van der Waals surface area contributed by atoms with Crippen LogP contribution in [0.3, 0.4) is 0 Å². The van der Waals surface area contributed by atoms with Gasteiger partial charge in [-0.1, -0.05) is 30.3 Å². The third-order valence-corrected chi connectivity index (χ3v) is 7.18. The second-order valence-corrected chi connectivity index (χ2v) is 9.77. The fourth-order valence-corrected chi connectivity index (χ4v) is 5.10. The molecular weight excluding hydrogens is 486 g/mol. The average molecular weight is 524 g/mol. The zero-order chi connectivity index (χ0) is 27.1. The van der Waals surface area contributed by atoms with Crippen molar-refractivity contribution in [3.8, 4) is 0 Å². The van der Waals surface area contributed by atoms with Crippen molar-refractivity contribution in [3.05, 3.63) is 53.3 Å².